The largest absolute Gasteiger partial charge is 0.379 e. The maximum atomic E-state index is 13.5. The van der Waals surface area contributed by atoms with Crippen LogP contribution in [0.1, 0.15) is 52.7 Å². The first-order valence-electron chi connectivity index (χ1n) is 15.7. The van der Waals surface area contributed by atoms with Crippen molar-refractivity contribution in [2.24, 2.45) is 5.92 Å². The second kappa shape index (κ2) is 13.9. The molecule has 3 N–H and O–H groups in total. The summed E-state index contributed by atoms with van der Waals surface area (Å²) in [6.07, 6.45) is 1.44. The highest BCUT2D eigenvalue weighted by Gasteiger charge is 2.42. The molecule has 232 valence electrons. The zero-order chi connectivity index (χ0) is 30.5. The Kier molecular flexibility index (Phi) is 9.55. The lowest BCUT2D eigenvalue weighted by atomic mass is 10.1. The summed E-state index contributed by atoms with van der Waals surface area (Å²) in [6, 6.07) is 14.5. The standard InChI is InChI=1S/C34H40FN5O4/c35-28-17-31(36-19-28)33(42)38-29-18-30(40(22-29)34(43)27-11-12-27)20-37-32(41)26-9-7-24(8-10-26)2-1-23-3-5-25(6-4-23)21-39-13-15-44-16-14-39/h3-10,27-31,36H,11-22H2,(H,37,41)(H,38,42)/t28-,29+,30+,31-/m0/s1. The van der Waals surface area contributed by atoms with Gasteiger partial charge in [0.05, 0.1) is 25.3 Å². The maximum Gasteiger partial charge on any atom is 0.251 e. The van der Waals surface area contributed by atoms with Crippen molar-refractivity contribution >= 4 is 17.7 Å². The smallest absolute Gasteiger partial charge is 0.251 e. The number of halogens is 1. The van der Waals surface area contributed by atoms with Crippen LogP contribution < -0.4 is 16.0 Å². The van der Waals surface area contributed by atoms with Crippen LogP contribution in [0.4, 0.5) is 4.39 Å². The first kappa shape index (κ1) is 30.3. The Morgan fingerprint density at radius 1 is 0.955 bits per heavy atom. The number of hydrogen-bond donors (Lipinski definition) is 3. The Bertz CT molecular complexity index is 1400. The molecule has 0 spiro atoms. The molecule has 3 saturated heterocycles. The molecule has 3 amide bonds. The lowest BCUT2D eigenvalue weighted by molar-refractivity contribution is -0.133. The van der Waals surface area contributed by atoms with Crippen molar-refractivity contribution in [3.63, 3.8) is 0 Å². The Morgan fingerprint density at radius 2 is 1.64 bits per heavy atom. The summed E-state index contributed by atoms with van der Waals surface area (Å²) < 4.78 is 19.0. The molecular weight excluding hydrogens is 561 g/mol. The molecule has 0 aromatic heterocycles. The summed E-state index contributed by atoms with van der Waals surface area (Å²) in [4.78, 5) is 42.8. The van der Waals surface area contributed by atoms with Crippen molar-refractivity contribution in [3.05, 3.63) is 70.8 Å². The van der Waals surface area contributed by atoms with Gasteiger partial charge in [-0.05, 0) is 61.2 Å². The Morgan fingerprint density at radius 3 is 2.27 bits per heavy atom. The van der Waals surface area contributed by atoms with Crippen LogP contribution in [0.3, 0.4) is 0 Å². The zero-order valence-electron chi connectivity index (χ0n) is 24.9. The number of amides is 3. The first-order valence-corrected chi connectivity index (χ1v) is 15.7. The molecule has 4 aliphatic rings. The number of morpholine rings is 1. The van der Waals surface area contributed by atoms with Crippen molar-refractivity contribution in [1.82, 2.24) is 25.8 Å². The Hall–Kier alpha value is -3.78. The zero-order valence-corrected chi connectivity index (χ0v) is 24.9. The van der Waals surface area contributed by atoms with Gasteiger partial charge in [0, 0.05) is 74.3 Å². The predicted octanol–water partition coefficient (Wildman–Crippen LogP) is 1.84. The number of benzene rings is 2. The minimum atomic E-state index is -1.02. The average molecular weight is 602 g/mol. The average Bonchev–Trinajstić information content (AvgIpc) is 3.68. The summed E-state index contributed by atoms with van der Waals surface area (Å²) in [5, 5.41) is 8.88. The number of nitrogens with zero attached hydrogens (tertiary/aromatic N) is 2. The van der Waals surface area contributed by atoms with Gasteiger partial charge in [0.2, 0.25) is 11.8 Å². The quantitative estimate of drug-likeness (QED) is 0.400. The van der Waals surface area contributed by atoms with Gasteiger partial charge >= 0.3 is 0 Å². The predicted molar refractivity (Wildman–Crippen MR) is 163 cm³/mol. The fraction of sp³-hybridized carbons (Fsp3) is 0.500. The lowest BCUT2D eigenvalue weighted by Crippen LogP contribution is -2.46. The molecule has 2 aromatic rings. The number of rotatable bonds is 8. The topological polar surface area (TPSA) is 103 Å². The summed E-state index contributed by atoms with van der Waals surface area (Å²) in [5.41, 5.74) is 3.51. The number of carbonyl (C=O) groups excluding carboxylic acids is 3. The highest BCUT2D eigenvalue weighted by molar-refractivity contribution is 5.94. The minimum Gasteiger partial charge on any atom is -0.379 e. The van der Waals surface area contributed by atoms with Crippen molar-refractivity contribution in [1.29, 1.82) is 0 Å². The van der Waals surface area contributed by atoms with Crippen LogP contribution >= 0.6 is 0 Å². The van der Waals surface area contributed by atoms with Crippen LogP contribution in [0.2, 0.25) is 0 Å². The van der Waals surface area contributed by atoms with Gasteiger partial charge in [-0.2, -0.15) is 0 Å². The Balaban J connectivity index is 1.00. The van der Waals surface area contributed by atoms with E-state index in [2.05, 4.69) is 44.8 Å². The van der Waals surface area contributed by atoms with E-state index in [9.17, 15) is 18.8 Å². The molecule has 0 unspecified atom stereocenters. The van der Waals surface area contributed by atoms with Gasteiger partial charge < -0.3 is 25.6 Å². The highest BCUT2D eigenvalue weighted by Crippen LogP contribution is 2.33. The number of ether oxygens (including phenoxy) is 1. The molecule has 3 aliphatic heterocycles. The highest BCUT2D eigenvalue weighted by atomic mass is 19.1. The number of carbonyl (C=O) groups is 3. The molecule has 2 aromatic carbocycles. The van der Waals surface area contributed by atoms with E-state index in [1.165, 1.54) is 5.56 Å². The van der Waals surface area contributed by atoms with Gasteiger partial charge in [-0.25, -0.2) is 4.39 Å². The van der Waals surface area contributed by atoms with Crippen molar-refractivity contribution in [2.75, 3.05) is 45.9 Å². The summed E-state index contributed by atoms with van der Waals surface area (Å²) in [6.45, 7) is 5.27. The van der Waals surface area contributed by atoms with Crippen molar-refractivity contribution in [3.8, 4) is 11.8 Å². The number of likely N-dealkylation sites (tertiary alicyclic amines) is 1. The van der Waals surface area contributed by atoms with E-state index in [1.807, 2.05) is 24.3 Å². The molecule has 0 bridgehead atoms. The van der Waals surface area contributed by atoms with Crippen LogP contribution in [-0.2, 0) is 20.9 Å². The summed E-state index contributed by atoms with van der Waals surface area (Å²) in [5.74, 6) is 6.02. The molecule has 1 saturated carbocycles. The second-order valence-corrected chi connectivity index (χ2v) is 12.3. The van der Waals surface area contributed by atoms with E-state index in [4.69, 9.17) is 4.74 Å². The number of hydrogen-bond acceptors (Lipinski definition) is 6. The van der Waals surface area contributed by atoms with Crippen LogP contribution in [0.25, 0.3) is 0 Å². The molecular formula is C34H40FN5O4. The van der Waals surface area contributed by atoms with Crippen LogP contribution in [0.5, 0.6) is 0 Å². The van der Waals surface area contributed by atoms with Gasteiger partial charge in [0.25, 0.3) is 5.91 Å². The maximum absolute atomic E-state index is 13.5. The van der Waals surface area contributed by atoms with Gasteiger partial charge in [-0.3, -0.25) is 19.3 Å². The lowest BCUT2D eigenvalue weighted by Gasteiger charge is -2.26. The van der Waals surface area contributed by atoms with E-state index in [0.29, 0.717) is 25.1 Å². The normalized spacial score (nSPS) is 25.2. The van der Waals surface area contributed by atoms with E-state index in [1.54, 1.807) is 17.0 Å². The van der Waals surface area contributed by atoms with E-state index in [0.717, 1.165) is 56.8 Å². The second-order valence-electron chi connectivity index (χ2n) is 12.3. The third-order valence-electron chi connectivity index (χ3n) is 8.82. The fourth-order valence-electron chi connectivity index (χ4n) is 6.12. The van der Waals surface area contributed by atoms with Crippen molar-refractivity contribution in [2.45, 2.75) is 56.5 Å². The molecule has 44 heavy (non-hydrogen) atoms. The number of nitrogens with one attached hydrogen (secondary N) is 3. The van der Waals surface area contributed by atoms with Gasteiger partial charge in [0.15, 0.2) is 0 Å². The van der Waals surface area contributed by atoms with E-state index in [-0.39, 0.29) is 48.7 Å². The van der Waals surface area contributed by atoms with Crippen LogP contribution in [0, 0.1) is 17.8 Å². The Labute approximate surface area is 257 Å². The van der Waals surface area contributed by atoms with Crippen LogP contribution in [-0.4, -0.2) is 97.8 Å². The molecule has 4 atom stereocenters. The summed E-state index contributed by atoms with van der Waals surface area (Å²) in [7, 11) is 0. The molecule has 0 radical (unpaired) electrons. The molecule has 6 rings (SSSR count). The van der Waals surface area contributed by atoms with E-state index >= 15 is 0 Å². The van der Waals surface area contributed by atoms with Gasteiger partial charge in [0.1, 0.15) is 6.17 Å². The minimum absolute atomic E-state index is 0.0353. The van der Waals surface area contributed by atoms with Gasteiger partial charge in [-0.1, -0.05) is 24.0 Å². The van der Waals surface area contributed by atoms with E-state index < -0.39 is 12.2 Å². The fourth-order valence-corrected chi connectivity index (χ4v) is 6.12. The number of alkyl halides is 1. The van der Waals surface area contributed by atoms with Gasteiger partial charge in [-0.15, -0.1) is 0 Å². The third-order valence-corrected chi connectivity index (χ3v) is 8.82. The molecule has 9 nitrogen and oxygen atoms in total. The third kappa shape index (κ3) is 7.83. The SMILES string of the molecule is O=C(NC[C@H]1C[C@@H](NC(=O)[C@@H]2C[C@H](F)CN2)CN1C(=O)C1CC1)c1ccc(C#Cc2ccc(CN3CCOCC3)cc2)cc1. The summed E-state index contributed by atoms with van der Waals surface area (Å²) >= 11 is 0. The van der Waals surface area contributed by atoms with Crippen LogP contribution in [0.15, 0.2) is 48.5 Å². The molecule has 1 aliphatic carbocycles. The molecule has 4 fully saturated rings. The molecule has 10 heteroatoms. The monoisotopic (exact) mass is 601 g/mol. The van der Waals surface area contributed by atoms with Crippen molar-refractivity contribution < 1.29 is 23.5 Å². The molecule has 3 heterocycles. The first-order chi connectivity index (χ1) is 21.4.